The molecule has 0 fully saturated rings. The molecule has 0 saturated heterocycles. The first kappa shape index (κ1) is 11.6. The van der Waals surface area contributed by atoms with Crippen molar-refractivity contribution in [3.05, 3.63) is 17.5 Å². The number of ether oxygens (including phenoxy) is 1. The molecule has 15 heavy (non-hydrogen) atoms. The molecule has 1 rings (SSSR count). The summed E-state index contributed by atoms with van der Waals surface area (Å²) in [5.41, 5.74) is 0.0246. The molecule has 0 N–H and O–H groups in total. The van der Waals surface area contributed by atoms with Gasteiger partial charge in [0.15, 0.2) is 5.69 Å². The van der Waals surface area contributed by atoms with Gasteiger partial charge < -0.3 is 4.74 Å². The lowest BCUT2D eigenvalue weighted by atomic mass is 10.4. The van der Waals surface area contributed by atoms with E-state index in [0.29, 0.717) is 0 Å². The van der Waals surface area contributed by atoms with E-state index in [4.69, 9.17) is 0 Å². The predicted molar refractivity (Wildman–Crippen MR) is 48.3 cm³/mol. The molecule has 0 aliphatic carbocycles. The molecular formula is C7H9FN2O4S. The minimum atomic E-state index is -4.63. The number of aryl methyl sites for hydroxylation is 1. The van der Waals surface area contributed by atoms with E-state index in [2.05, 4.69) is 9.84 Å². The van der Waals surface area contributed by atoms with Gasteiger partial charge in [-0.15, -0.1) is 3.89 Å². The molecule has 0 bridgehead atoms. The number of nitrogens with zero attached hydrogens (tertiary/aromatic N) is 2. The second-order valence-corrected chi connectivity index (χ2v) is 4.19. The summed E-state index contributed by atoms with van der Waals surface area (Å²) in [6, 6.07) is 1.17. The normalized spacial score (nSPS) is 11.4. The third-order valence-electron chi connectivity index (χ3n) is 1.69. The number of methoxy groups -OCH3 is 1. The third kappa shape index (κ3) is 3.01. The minimum absolute atomic E-state index is 0.0568. The Labute approximate surface area is 85.9 Å². The van der Waals surface area contributed by atoms with E-state index in [1.165, 1.54) is 20.2 Å². The molecule has 0 unspecified atom stereocenters. The average molecular weight is 236 g/mol. The lowest BCUT2D eigenvalue weighted by Crippen LogP contribution is -2.04. The lowest BCUT2D eigenvalue weighted by Gasteiger charge is -1.95. The first-order valence-electron chi connectivity index (χ1n) is 3.87. The number of carbonyl (C=O) groups excluding carboxylic acids is 1. The SMILES string of the molecule is COC(=O)c1cc(CS(=O)(=O)F)n(C)n1. The van der Waals surface area contributed by atoms with Crippen LogP contribution in [0.2, 0.25) is 0 Å². The van der Waals surface area contributed by atoms with Crippen LogP contribution >= 0.6 is 0 Å². The van der Waals surface area contributed by atoms with Crippen molar-refractivity contribution in [3.63, 3.8) is 0 Å². The molecule has 6 nitrogen and oxygen atoms in total. The summed E-state index contributed by atoms with van der Waals surface area (Å²) in [7, 11) is -2.05. The highest BCUT2D eigenvalue weighted by Crippen LogP contribution is 2.09. The quantitative estimate of drug-likeness (QED) is 0.545. The van der Waals surface area contributed by atoms with Crippen LogP contribution in [0.15, 0.2) is 6.07 Å². The summed E-state index contributed by atoms with van der Waals surface area (Å²) in [6.45, 7) is 0. The van der Waals surface area contributed by atoms with Gasteiger partial charge in [0.05, 0.1) is 12.8 Å². The summed E-state index contributed by atoms with van der Waals surface area (Å²) in [5, 5.41) is 3.68. The summed E-state index contributed by atoms with van der Waals surface area (Å²) in [4.78, 5) is 11.0. The maximum Gasteiger partial charge on any atom is 0.358 e. The highest BCUT2D eigenvalue weighted by molar-refractivity contribution is 7.85. The number of esters is 1. The van der Waals surface area contributed by atoms with Gasteiger partial charge in [-0.25, -0.2) is 4.79 Å². The zero-order valence-corrected chi connectivity index (χ0v) is 8.91. The highest BCUT2D eigenvalue weighted by Gasteiger charge is 2.17. The van der Waals surface area contributed by atoms with Crippen molar-refractivity contribution in [3.8, 4) is 0 Å². The Morgan fingerprint density at radius 1 is 1.67 bits per heavy atom. The molecule has 1 aromatic heterocycles. The van der Waals surface area contributed by atoms with Crippen molar-refractivity contribution in [1.29, 1.82) is 0 Å². The average Bonchev–Trinajstić information content (AvgIpc) is 2.44. The van der Waals surface area contributed by atoms with E-state index < -0.39 is 21.9 Å². The van der Waals surface area contributed by atoms with Gasteiger partial charge >= 0.3 is 16.2 Å². The second kappa shape index (κ2) is 3.97. The van der Waals surface area contributed by atoms with E-state index in [-0.39, 0.29) is 11.4 Å². The molecule has 1 heterocycles. The number of hydrogen-bond acceptors (Lipinski definition) is 5. The Morgan fingerprint density at radius 2 is 2.27 bits per heavy atom. The van der Waals surface area contributed by atoms with Gasteiger partial charge in [-0.1, -0.05) is 0 Å². The van der Waals surface area contributed by atoms with Gasteiger partial charge in [0.1, 0.15) is 5.75 Å². The van der Waals surface area contributed by atoms with Crippen LogP contribution in [0, 0.1) is 0 Å². The van der Waals surface area contributed by atoms with Crippen molar-refractivity contribution < 1.29 is 21.8 Å². The van der Waals surface area contributed by atoms with E-state index in [1.807, 2.05) is 0 Å². The molecule has 0 amide bonds. The Bertz CT molecular complexity index is 479. The topological polar surface area (TPSA) is 78.3 Å². The summed E-state index contributed by atoms with van der Waals surface area (Å²) in [6.07, 6.45) is 0. The smallest absolute Gasteiger partial charge is 0.358 e. The van der Waals surface area contributed by atoms with Gasteiger partial charge in [-0.3, -0.25) is 4.68 Å². The van der Waals surface area contributed by atoms with Crippen molar-refractivity contribution in [2.45, 2.75) is 5.75 Å². The van der Waals surface area contributed by atoms with Gasteiger partial charge in [0.25, 0.3) is 0 Å². The van der Waals surface area contributed by atoms with Gasteiger partial charge in [0.2, 0.25) is 0 Å². The van der Waals surface area contributed by atoms with Crippen LogP contribution in [0.3, 0.4) is 0 Å². The third-order valence-corrected chi connectivity index (χ3v) is 2.33. The maximum absolute atomic E-state index is 12.4. The van der Waals surface area contributed by atoms with Crippen LogP contribution in [0.5, 0.6) is 0 Å². The second-order valence-electron chi connectivity index (χ2n) is 2.82. The van der Waals surface area contributed by atoms with Crippen LogP contribution in [-0.4, -0.2) is 31.3 Å². The van der Waals surface area contributed by atoms with Gasteiger partial charge in [-0.2, -0.15) is 13.5 Å². The number of halogens is 1. The number of rotatable bonds is 3. The molecule has 0 radical (unpaired) electrons. The maximum atomic E-state index is 12.4. The summed E-state index contributed by atoms with van der Waals surface area (Å²) < 4.78 is 38.6. The molecule has 84 valence electrons. The standard InChI is InChI=1S/C7H9FN2O4S/c1-10-5(4-15(8,12)13)3-6(9-10)7(11)14-2/h3H,4H2,1-2H3. The van der Waals surface area contributed by atoms with E-state index in [0.717, 1.165) is 4.68 Å². The fourth-order valence-corrected chi connectivity index (χ4v) is 1.65. The zero-order valence-electron chi connectivity index (χ0n) is 8.10. The van der Waals surface area contributed by atoms with Crippen molar-refractivity contribution in [1.82, 2.24) is 9.78 Å². The van der Waals surface area contributed by atoms with E-state index >= 15 is 0 Å². The molecule has 8 heteroatoms. The molecule has 0 aromatic carbocycles. The van der Waals surface area contributed by atoms with Crippen molar-refractivity contribution in [2.24, 2.45) is 7.05 Å². The molecule has 0 aliphatic heterocycles. The summed E-state index contributed by atoms with van der Waals surface area (Å²) in [5.74, 6) is -1.51. The van der Waals surface area contributed by atoms with E-state index in [1.54, 1.807) is 0 Å². The number of aromatic nitrogens is 2. The van der Waals surface area contributed by atoms with Gasteiger partial charge in [-0.05, 0) is 6.07 Å². The Morgan fingerprint density at radius 3 is 2.73 bits per heavy atom. The molecule has 0 atom stereocenters. The Kier molecular flexibility index (Phi) is 3.08. The molecule has 0 aliphatic rings. The Balaban J connectivity index is 3.02. The molecule has 1 aromatic rings. The fourth-order valence-electron chi connectivity index (χ4n) is 1.02. The van der Waals surface area contributed by atoms with Crippen molar-refractivity contribution in [2.75, 3.05) is 7.11 Å². The van der Waals surface area contributed by atoms with E-state index in [9.17, 15) is 17.1 Å². The zero-order chi connectivity index (χ0) is 11.6. The van der Waals surface area contributed by atoms with Crippen LogP contribution < -0.4 is 0 Å². The molecule has 0 spiro atoms. The molecule has 0 saturated carbocycles. The molecular weight excluding hydrogens is 227 g/mol. The fraction of sp³-hybridized carbons (Fsp3) is 0.429. The summed E-state index contributed by atoms with van der Waals surface area (Å²) >= 11 is 0. The predicted octanol–water partition coefficient (Wildman–Crippen LogP) is 0.00600. The van der Waals surface area contributed by atoms with Crippen LogP contribution in [-0.2, 0) is 27.8 Å². The monoisotopic (exact) mass is 236 g/mol. The number of carbonyl (C=O) groups is 1. The van der Waals surface area contributed by atoms with Crippen LogP contribution in [0.25, 0.3) is 0 Å². The Hall–Kier alpha value is -1.44. The number of hydrogen-bond donors (Lipinski definition) is 0. The minimum Gasteiger partial charge on any atom is -0.464 e. The first-order chi connectivity index (χ1) is 6.83. The van der Waals surface area contributed by atoms with Gasteiger partial charge in [0, 0.05) is 7.05 Å². The van der Waals surface area contributed by atoms with Crippen molar-refractivity contribution >= 4 is 16.2 Å². The van der Waals surface area contributed by atoms with Crippen LogP contribution in [0.1, 0.15) is 16.2 Å². The highest BCUT2D eigenvalue weighted by atomic mass is 32.3. The van der Waals surface area contributed by atoms with Crippen LogP contribution in [0.4, 0.5) is 3.89 Å². The lowest BCUT2D eigenvalue weighted by molar-refractivity contribution is 0.0593. The first-order valence-corrected chi connectivity index (χ1v) is 5.42. The largest absolute Gasteiger partial charge is 0.464 e.